The number of halogens is 1. The molecule has 0 aromatic carbocycles. The van der Waals surface area contributed by atoms with Crippen LogP contribution in [0.5, 0.6) is 0 Å². The Morgan fingerprint density at radius 1 is 1.52 bits per heavy atom. The van der Waals surface area contributed by atoms with Crippen LogP contribution in [0.3, 0.4) is 0 Å². The van der Waals surface area contributed by atoms with Crippen LogP contribution < -0.4 is 9.47 Å². The van der Waals surface area contributed by atoms with E-state index in [2.05, 4.69) is 15.0 Å². The second-order valence-corrected chi connectivity index (χ2v) is 5.58. The zero-order valence-electron chi connectivity index (χ0n) is 11.7. The fourth-order valence-electron chi connectivity index (χ4n) is 2.47. The minimum absolute atomic E-state index is 0.221. The fraction of sp³-hybridized carbons (Fsp3) is 0.583. The molecule has 3 N–H and O–H groups in total. The number of aromatic amines is 1. The second-order valence-electron chi connectivity index (χ2n) is 5.22. The van der Waals surface area contributed by atoms with Crippen molar-refractivity contribution in [2.75, 3.05) is 25.6 Å². The highest BCUT2D eigenvalue weighted by Crippen LogP contribution is 2.26. The summed E-state index contributed by atoms with van der Waals surface area (Å²) >= 11 is 5.86. The van der Waals surface area contributed by atoms with E-state index in [4.69, 9.17) is 16.3 Å². The number of aliphatic hydroxyl groups is 2. The van der Waals surface area contributed by atoms with Gasteiger partial charge in [-0.05, 0) is 16.6 Å². The third-order valence-corrected chi connectivity index (χ3v) is 3.66. The number of aliphatic hydroxyl groups excluding tert-OH is 2. The van der Waals surface area contributed by atoms with E-state index in [1.807, 2.05) is 19.0 Å². The zero-order chi connectivity index (χ0) is 15.1. The number of rotatable bonds is 3. The van der Waals surface area contributed by atoms with Gasteiger partial charge in [0.25, 0.3) is 5.65 Å². The molecule has 0 saturated carbocycles. The summed E-state index contributed by atoms with van der Waals surface area (Å²) in [6.45, 7) is -0.221. The van der Waals surface area contributed by atoms with Crippen LogP contribution in [0, 0.1) is 0 Å². The van der Waals surface area contributed by atoms with Crippen LogP contribution in [0.4, 0.5) is 5.95 Å². The lowest BCUT2D eigenvalue weighted by molar-refractivity contribution is -0.749. The number of hydrogen-bond donors (Lipinski definition) is 3. The highest BCUT2D eigenvalue weighted by atomic mass is 35.5. The highest BCUT2D eigenvalue weighted by Gasteiger charge is 2.38. The first-order chi connectivity index (χ1) is 9.99. The topological polar surface area (TPSA) is 98.4 Å². The molecule has 1 aliphatic heterocycles. The Hall–Kier alpha value is -1.48. The Morgan fingerprint density at radius 2 is 2.29 bits per heavy atom. The SMILES string of the molecule is CN(C)c1nc2nc(Cl)[nH]c2c[n+]1C1C[C@H](O)[C@@H](CO)O1. The maximum atomic E-state index is 9.89. The van der Waals surface area contributed by atoms with Crippen molar-refractivity contribution in [1.29, 1.82) is 0 Å². The highest BCUT2D eigenvalue weighted by molar-refractivity contribution is 6.28. The summed E-state index contributed by atoms with van der Waals surface area (Å²) in [5.41, 5.74) is 1.19. The Kier molecular flexibility index (Phi) is 3.70. The second kappa shape index (κ2) is 5.38. The third kappa shape index (κ3) is 2.55. The Labute approximate surface area is 126 Å². The molecule has 3 rings (SSSR count). The molecular weight excluding hydrogens is 298 g/mol. The number of hydrogen-bond acceptors (Lipinski definition) is 6. The smallest absolute Gasteiger partial charge is 0.394 e. The van der Waals surface area contributed by atoms with Gasteiger partial charge < -0.3 is 19.9 Å². The number of H-pyrrole nitrogens is 1. The first-order valence-electron chi connectivity index (χ1n) is 6.58. The average Bonchev–Trinajstić information content (AvgIpc) is 2.98. The van der Waals surface area contributed by atoms with Crippen LogP contribution in [0.15, 0.2) is 6.20 Å². The summed E-state index contributed by atoms with van der Waals surface area (Å²) in [5.74, 6) is 0.626. The molecule has 0 aliphatic carbocycles. The van der Waals surface area contributed by atoms with Crippen molar-refractivity contribution in [3.63, 3.8) is 0 Å². The van der Waals surface area contributed by atoms with Crippen molar-refractivity contribution in [2.45, 2.75) is 24.9 Å². The summed E-state index contributed by atoms with van der Waals surface area (Å²) in [5, 5.41) is 19.4. The Bertz CT molecular complexity index is 662. The van der Waals surface area contributed by atoms with Crippen molar-refractivity contribution >= 4 is 28.7 Å². The molecule has 0 amide bonds. The van der Waals surface area contributed by atoms with Gasteiger partial charge >= 0.3 is 5.95 Å². The molecule has 0 spiro atoms. The summed E-state index contributed by atoms with van der Waals surface area (Å²) in [6, 6.07) is 0. The summed E-state index contributed by atoms with van der Waals surface area (Å²) in [4.78, 5) is 13.3. The quantitative estimate of drug-likeness (QED) is 0.527. The summed E-state index contributed by atoms with van der Waals surface area (Å²) < 4.78 is 7.49. The number of fused-ring (bicyclic) bond motifs is 1. The molecule has 1 aliphatic rings. The Balaban J connectivity index is 2.05. The number of aromatic nitrogens is 4. The van der Waals surface area contributed by atoms with Gasteiger partial charge in [-0.1, -0.05) is 0 Å². The molecule has 21 heavy (non-hydrogen) atoms. The number of nitrogens with one attached hydrogen (secondary N) is 1. The van der Waals surface area contributed by atoms with Gasteiger partial charge in [-0.15, -0.1) is 0 Å². The normalized spacial score (nSPS) is 25.7. The van der Waals surface area contributed by atoms with E-state index in [1.165, 1.54) is 0 Å². The summed E-state index contributed by atoms with van der Waals surface area (Å²) in [7, 11) is 3.71. The number of ether oxygens (including phenoxy) is 1. The van der Waals surface area contributed by atoms with Crippen molar-refractivity contribution in [1.82, 2.24) is 15.0 Å². The molecule has 3 heterocycles. The van der Waals surface area contributed by atoms with Gasteiger partial charge in [0.2, 0.25) is 5.28 Å². The van der Waals surface area contributed by atoms with Crippen molar-refractivity contribution < 1.29 is 19.5 Å². The first kappa shape index (κ1) is 14.5. The van der Waals surface area contributed by atoms with Gasteiger partial charge in [0, 0.05) is 6.42 Å². The zero-order valence-corrected chi connectivity index (χ0v) is 12.4. The van der Waals surface area contributed by atoms with Gasteiger partial charge in [-0.2, -0.15) is 4.98 Å². The van der Waals surface area contributed by atoms with Gasteiger partial charge in [0.15, 0.2) is 6.23 Å². The number of anilines is 1. The molecule has 2 aromatic rings. The lowest BCUT2D eigenvalue weighted by Gasteiger charge is -2.15. The molecule has 2 aromatic heterocycles. The molecule has 8 nitrogen and oxygen atoms in total. The molecule has 1 unspecified atom stereocenters. The van der Waals surface area contributed by atoms with E-state index >= 15 is 0 Å². The fourth-order valence-corrected chi connectivity index (χ4v) is 2.65. The first-order valence-corrected chi connectivity index (χ1v) is 6.96. The minimum Gasteiger partial charge on any atom is -0.394 e. The molecule has 0 bridgehead atoms. The van der Waals surface area contributed by atoms with Crippen molar-refractivity contribution in [3.05, 3.63) is 11.5 Å². The maximum absolute atomic E-state index is 9.89. The minimum atomic E-state index is -0.705. The van der Waals surface area contributed by atoms with Crippen LogP contribution >= 0.6 is 11.6 Å². The van der Waals surface area contributed by atoms with E-state index in [0.717, 1.165) is 0 Å². The molecule has 1 saturated heterocycles. The maximum Gasteiger partial charge on any atom is 0.397 e. The molecule has 1 fully saturated rings. The van der Waals surface area contributed by atoms with Gasteiger partial charge in [-0.25, -0.2) is 4.57 Å². The third-order valence-electron chi connectivity index (χ3n) is 3.48. The van der Waals surface area contributed by atoms with Gasteiger partial charge in [-0.3, -0.25) is 4.90 Å². The van der Waals surface area contributed by atoms with Crippen molar-refractivity contribution in [3.8, 4) is 0 Å². The average molecular weight is 315 g/mol. The van der Waals surface area contributed by atoms with E-state index in [0.29, 0.717) is 23.5 Å². The lowest BCUT2D eigenvalue weighted by Crippen LogP contribution is -2.45. The van der Waals surface area contributed by atoms with E-state index in [9.17, 15) is 10.2 Å². The van der Waals surface area contributed by atoms with Crippen LogP contribution in [-0.2, 0) is 4.74 Å². The van der Waals surface area contributed by atoms with Crippen LogP contribution in [0.2, 0.25) is 5.28 Å². The summed E-state index contributed by atoms with van der Waals surface area (Å²) in [6.07, 6.45) is 0.482. The predicted octanol–water partition coefficient (Wildman–Crippen LogP) is -0.395. The molecule has 114 valence electrons. The van der Waals surface area contributed by atoms with E-state index < -0.39 is 18.4 Å². The molecular formula is C12H17ClN5O3+. The molecule has 0 radical (unpaired) electrons. The Morgan fingerprint density at radius 3 is 2.90 bits per heavy atom. The van der Waals surface area contributed by atoms with Crippen LogP contribution in [0.1, 0.15) is 12.6 Å². The number of imidazole rings is 1. The monoisotopic (exact) mass is 314 g/mol. The van der Waals surface area contributed by atoms with Crippen molar-refractivity contribution in [2.24, 2.45) is 0 Å². The van der Waals surface area contributed by atoms with E-state index in [-0.39, 0.29) is 11.9 Å². The van der Waals surface area contributed by atoms with E-state index in [1.54, 1.807) is 10.8 Å². The number of nitrogens with zero attached hydrogens (tertiary/aromatic N) is 4. The predicted molar refractivity (Wildman–Crippen MR) is 75.0 cm³/mol. The molecule has 3 atom stereocenters. The standard InChI is InChI=1S/C12H16ClN5O3/c1-17(2)12-16-10-6(14-11(13)15-10)4-18(12)9-3-7(20)8(5-19)21-9/h4,7-9,19-20H,3,5H2,1-2H3/p+1/t7-,8+,9?/m0/s1. The van der Waals surface area contributed by atoms with Gasteiger partial charge in [0.1, 0.15) is 11.6 Å². The lowest BCUT2D eigenvalue weighted by atomic mass is 10.2. The molecule has 9 heteroatoms. The largest absolute Gasteiger partial charge is 0.397 e. The van der Waals surface area contributed by atoms with Crippen LogP contribution in [-0.4, -0.2) is 58.1 Å². The van der Waals surface area contributed by atoms with Gasteiger partial charge in [0.05, 0.1) is 33.0 Å². The van der Waals surface area contributed by atoms with Crippen LogP contribution in [0.25, 0.3) is 11.2 Å².